The maximum Gasteiger partial charge on any atom is 0.408 e. The summed E-state index contributed by atoms with van der Waals surface area (Å²) in [7, 11) is -4.01. The lowest BCUT2D eigenvalue weighted by atomic mass is 10.0. The molecule has 17 heteroatoms. The van der Waals surface area contributed by atoms with E-state index in [-0.39, 0.29) is 25.4 Å². The Morgan fingerprint density at radius 1 is 1.02 bits per heavy atom. The number of alkyl carbamates (subject to hydrolysis) is 1. The molecule has 2 aliphatic carbocycles. The molecule has 63 heavy (non-hydrogen) atoms. The minimum absolute atomic E-state index is 0.0280. The van der Waals surface area contributed by atoms with Gasteiger partial charge in [0, 0.05) is 34.9 Å². The molecule has 3 N–H and O–H groups in total. The molecule has 4 heterocycles. The summed E-state index contributed by atoms with van der Waals surface area (Å²) in [5.74, 6) is -2.37. The second-order valence-electron chi connectivity index (χ2n) is 18.8. The molecule has 2 aliphatic heterocycles. The first-order chi connectivity index (χ1) is 29.9. The molecular formula is C46H57N7O8S2. The molecule has 8 rings (SSSR count). The van der Waals surface area contributed by atoms with Crippen LogP contribution in [0, 0.1) is 5.92 Å². The van der Waals surface area contributed by atoms with Gasteiger partial charge in [0.15, 0.2) is 0 Å². The predicted molar refractivity (Wildman–Crippen MR) is 240 cm³/mol. The molecule has 0 unspecified atom stereocenters. The van der Waals surface area contributed by atoms with Crippen LogP contribution in [-0.2, 0) is 29.1 Å². The molecule has 1 saturated heterocycles. The number of rotatable bonds is 9. The van der Waals surface area contributed by atoms with E-state index < -0.39 is 73.8 Å². The van der Waals surface area contributed by atoms with Crippen molar-refractivity contribution in [2.24, 2.45) is 5.92 Å². The van der Waals surface area contributed by atoms with Crippen molar-refractivity contribution >= 4 is 56.2 Å². The monoisotopic (exact) mass is 899 g/mol. The van der Waals surface area contributed by atoms with Crippen molar-refractivity contribution < 1.29 is 37.1 Å². The van der Waals surface area contributed by atoms with Crippen molar-refractivity contribution in [1.29, 1.82) is 0 Å². The summed E-state index contributed by atoms with van der Waals surface area (Å²) < 4.78 is 42.1. The number of fused-ring (bicyclic) bond motifs is 3. The van der Waals surface area contributed by atoms with Crippen LogP contribution in [0.4, 0.5) is 4.79 Å². The summed E-state index contributed by atoms with van der Waals surface area (Å²) in [5, 5.41) is 8.53. The van der Waals surface area contributed by atoms with Crippen LogP contribution in [0.3, 0.4) is 0 Å². The van der Waals surface area contributed by atoms with Gasteiger partial charge in [0.2, 0.25) is 21.8 Å². The Kier molecular flexibility index (Phi) is 12.0. The van der Waals surface area contributed by atoms with E-state index in [9.17, 15) is 27.6 Å². The van der Waals surface area contributed by atoms with Crippen LogP contribution in [0.5, 0.6) is 6.01 Å². The van der Waals surface area contributed by atoms with Gasteiger partial charge >= 0.3 is 6.09 Å². The van der Waals surface area contributed by atoms with E-state index in [2.05, 4.69) is 15.4 Å². The molecule has 0 bridgehead atoms. The number of carbonyl (C=O) groups excluding carboxylic acids is 4. The molecule has 3 fully saturated rings. The molecule has 15 nitrogen and oxygen atoms in total. The minimum atomic E-state index is -4.01. The second kappa shape index (κ2) is 17.0. The fourth-order valence-electron chi connectivity index (χ4n) is 8.53. The molecule has 336 valence electrons. The fraction of sp³-hybridized carbons (Fsp3) is 0.522. The van der Waals surface area contributed by atoms with Crippen LogP contribution in [0.2, 0.25) is 0 Å². The number of hydrogen-bond donors (Lipinski definition) is 3. The topological polar surface area (TPSA) is 191 Å². The molecule has 4 aromatic rings. The van der Waals surface area contributed by atoms with Gasteiger partial charge in [0.1, 0.15) is 39.9 Å². The molecule has 0 spiro atoms. The summed E-state index contributed by atoms with van der Waals surface area (Å²) in [4.78, 5) is 68.1. The minimum Gasteiger partial charge on any atom is -0.459 e. The Balaban J connectivity index is 1.12. The number of nitrogens with one attached hydrogen (secondary N) is 3. The molecular weight excluding hydrogens is 843 g/mol. The summed E-state index contributed by atoms with van der Waals surface area (Å²) >= 11 is 1.52. The van der Waals surface area contributed by atoms with Crippen molar-refractivity contribution in [1.82, 2.24) is 34.8 Å². The second-order valence-corrected chi connectivity index (χ2v) is 21.9. The standard InChI is InChI=1S/C46H57N7O8S2/c1-28(2)53-35-21-15-19-32(39-47-34(27-62-39)29-16-11-10-12-17-29)37(35)49-42(53)60-31-24-36-38(54)50-46(41(56)51-63(58,59)45(6)22-23-45)25-30(46)18-13-8-7-9-14-20-33(40(55)52(36)26-31)48-43(57)61-44(3,4)5/h10-13,15-19,21,27-28,30-31,33,36H,7-9,14,20,22-26H2,1-6H3,(H,48,57)(H,50,54)(H,51,56)/b18-13-/t30-,31-,33+,36+,46-/m1/s1. The summed E-state index contributed by atoms with van der Waals surface area (Å²) in [6.07, 6.45) is 6.59. The zero-order valence-electron chi connectivity index (χ0n) is 36.7. The van der Waals surface area contributed by atoms with Gasteiger partial charge in [0.05, 0.1) is 22.5 Å². The van der Waals surface area contributed by atoms with E-state index in [1.54, 1.807) is 27.7 Å². The number of hydrogen-bond acceptors (Lipinski definition) is 11. The Bertz CT molecular complexity index is 2540. The summed E-state index contributed by atoms with van der Waals surface area (Å²) in [6, 6.07) is 13.9. The highest BCUT2D eigenvalue weighted by Gasteiger charge is 2.63. The number of benzene rings is 2. The van der Waals surface area contributed by atoms with E-state index in [4.69, 9.17) is 19.4 Å². The van der Waals surface area contributed by atoms with Gasteiger partial charge in [-0.25, -0.2) is 18.2 Å². The summed E-state index contributed by atoms with van der Waals surface area (Å²) in [5.41, 5.74) is 1.86. The number of nitrogens with zero attached hydrogens (tertiary/aromatic N) is 4. The first-order valence-electron chi connectivity index (χ1n) is 21.9. The van der Waals surface area contributed by atoms with Gasteiger partial charge < -0.3 is 25.0 Å². The highest BCUT2D eigenvalue weighted by Crippen LogP contribution is 2.48. The lowest BCUT2D eigenvalue weighted by Gasteiger charge is -2.30. The third-order valence-electron chi connectivity index (χ3n) is 12.4. The maximum atomic E-state index is 14.8. The lowest BCUT2D eigenvalue weighted by molar-refractivity contribution is -0.141. The van der Waals surface area contributed by atoms with Crippen LogP contribution in [0.25, 0.3) is 32.9 Å². The van der Waals surface area contributed by atoms with Gasteiger partial charge in [-0.15, -0.1) is 11.3 Å². The number of amides is 4. The van der Waals surface area contributed by atoms with E-state index in [0.29, 0.717) is 43.6 Å². The van der Waals surface area contributed by atoms with Crippen LogP contribution in [0.15, 0.2) is 66.1 Å². The molecule has 0 radical (unpaired) electrons. The van der Waals surface area contributed by atoms with Gasteiger partial charge in [-0.05, 0) is 92.2 Å². The number of thiazole rings is 1. The van der Waals surface area contributed by atoms with Gasteiger partial charge in [-0.2, -0.15) is 4.98 Å². The van der Waals surface area contributed by atoms with Gasteiger partial charge in [0.25, 0.3) is 11.9 Å². The van der Waals surface area contributed by atoms with E-state index in [0.717, 1.165) is 40.2 Å². The zero-order chi connectivity index (χ0) is 44.9. The van der Waals surface area contributed by atoms with Crippen molar-refractivity contribution in [3.63, 3.8) is 0 Å². The molecule has 4 amide bonds. The number of ether oxygens (including phenoxy) is 2. The summed E-state index contributed by atoms with van der Waals surface area (Å²) in [6.45, 7) is 10.8. The van der Waals surface area contributed by atoms with Crippen LogP contribution in [-0.4, -0.2) is 92.3 Å². The van der Waals surface area contributed by atoms with Crippen LogP contribution in [0.1, 0.15) is 105 Å². The van der Waals surface area contributed by atoms with E-state index >= 15 is 0 Å². The number of carbonyl (C=O) groups is 4. The van der Waals surface area contributed by atoms with Gasteiger partial charge in [-0.3, -0.25) is 23.7 Å². The normalized spacial score (nSPS) is 25.5. The number of para-hydroxylation sites is 1. The van der Waals surface area contributed by atoms with Crippen molar-refractivity contribution in [3.8, 4) is 27.8 Å². The van der Waals surface area contributed by atoms with Crippen molar-refractivity contribution in [2.45, 2.75) is 139 Å². The van der Waals surface area contributed by atoms with E-state index in [1.165, 1.54) is 16.2 Å². The number of aromatic nitrogens is 3. The quantitative estimate of drug-likeness (QED) is 0.147. The Hall–Kier alpha value is -5.29. The third kappa shape index (κ3) is 9.22. The predicted octanol–water partition coefficient (Wildman–Crippen LogP) is 7.04. The number of allylic oxidation sites excluding steroid dienone is 1. The SMILES string of the molecule is CC(C)n1c(O[C@@H]2C[C@H]3C(=O)N[C@]4(C(=O)NS(=O)(=O)C5(C)CC5)C[C@H]4/C=C\CCCCC[C@H](NC(=O)OC(C)(C)C)C(=O)N3C2)nc2c(-c3nc(-c4ccccc4)cs3)cccc21. The highest BCUT2D eigenvalue weighted by atomic mass is 32.2. The smallest absolute Gasteiger partial charge is 0.408 e. The Morgan fingerprint density at radius 3 is 2.49 bits per heavy atom. The lowest BCUT2D eigenvalue weighted by Crippen LogP contribution is -2.58. The number of sulfonamides is 1. The Morgan fingerprint density at radius 2 is 1.78 bits per heavy atom. The molecule has 5 atom stereocenters. The van der Waals surface area contributed by atoms with E-state index in [1.807, 2.05) is 84.5 Å². The molecule has 2 aromatic carbocycles. The third-order valence-corrected chi connectivity index (χ3v) is 15.5. The average molecular weight is 900 g/mol. The zero-order valence-corrected chi connectivity index (χ0v) is 38.3. The largest absolute Gasteiger partial charge is 0.459 e. The van der Waals surface area contributed by atoms with Crippen molar-refractivity contribution in [2.75, 3.05) is 6.54 Å². The molecule has 2 saturated carbocycles. The first-order valence-corrected chi connectivity index (χ1v) is 24.3. The highest BCUT2D eigenvalue weighted by molar-refractivity contribution is 7.91. The average Bonchev–Trinajstić information content (AvgIpc) is 3.89. The van der Waals surface area contributed by atoms with Crippen LogP contribution >= 0.6 is 11.3 Å². The first kappa shape index (κ1) is 44.3. The molecule has 2 aromatic heterocycles. The van der Waals surface area contributed by atoms with Gasteiger partial charge in [-0.1, -0.05) is 61.4 Å². The fourth-order valence-corrected chi connectivity index (χ4v) is 10.7. The Labute approximate surface area is 372 Å². The number of imidazole rings is 1. The van der Waals surface area contributed by atoms with Crippen LogP contribution < -0.4 is 20.1 Å². The van der Waals surface area contributed by atoms with Crippen molar-refractivity contribution in [3.05, 3.63) is 66.1 Å². The molecule has 4 aliphatic rings. The maximum absolute atomic E-state index is 14.8.